The first-order valence-corrected chi connectivity index (χ1v) is 11.7. The molecule has 0 saturated heterocycles. The third-order valence-electron chi connectivity index (χ3n) is 4.49. The summed E-state index contributed by atoms with van der Waals surface area (Å²) in [5, 5.41) is 43.7. The van der Waals surface area contributed by atoms with Gasteiger partial charge in [0.25, 0.3) is 0 Å². The number of nitrogens with two attached hydrogens (primary N) is 1. The van der Waals surface area contributed by atoms with Gasteiger partial charge in [-0.25, -0.2) is 4.79 Å². The lowest BCUT2D eigenvalue weighted by atomic mass is 10.3. The van der Waals surface area contributed by atoms with Gasteiger partial charge in [0.15, 0.2) is 0 Å². The van der Waals surface area contributed by atoms with Gasteiger partial charge in [-0.3, -0.25) is 38.4 Å². The zero-order valence-electron chi connectivity index (χ0n) is 21.6. The van der Waals surface area contributed by atoms with E-state index in [2.05, 4.69) is 37.2 Å². The van der Waals surface area contributed by atoms with Crippen molar-refractivity contribution in [1.82, 2.24) is 42.5 Å². The summed E-state index contributed by atoms with van der Waals surface area (Å²) in [5.74, 6) is -8.00. The number of carbonyl (C=O) groups is 9. The summed E-state index contributed by atoms with van der Waals surface area (Å²) in [7, 11) is 0. The minimum Gasteiger partial charge on any atom is -0.480 e. The van der Waals surface area contributed by atoms with E-state index in [1.54, 1.807) is 0 Å². The maximum absolute atomic E-state index is 12.1. The normalized spacial score (nSPS) is 11.5. The van der Waals surface area contributed by atoms with Crippen LogP contribution in [-0.2, 0) is 43.2 Å². The van der Waals surface area contributed by atoms with Crippen molar-refractivity contribution in [2.75, 3.05) is 59.0 Å². The first-order valence-electron chi connectivity index (χ1n) is 11.7. The number of aliphatic hydroxyl groups excluding tert-OH is 2. The van der Waals surface area contributed by atoms with Crippen molar-refractivity contribution in [2.45, 2.75) is 12.1 Å². The third-order valence-corrected chi connectivity index (χ3v) is 4.49. The van der Waals surface area contributed by atoms with Crippen LogP contribution in [0.4, 0.5) is 0 Å². The second-order valence-electron chi connectivity index (χ2n) is 7.75. The smallest absolute Gasteiger partial charge is 0.328 e. The van der Waals surface area contributed by atoms with E-state index >= 15 is 0 Å². The Bertz CT molecular complexity index is 991. The molecule has 0 unspecified atom stereocenters. The molecule has 0 aliphatic rings. The Kier molecular flexibility index (Phi) is 17.7. The number of carbonyl (C=O) groups excluding carboxylic acids is 8. The molecule has 2 atom stereocenters. The number of aliphatic carboxylic acids is 1. The van der Waals surface area contributed by atoms with Gasteiger partial charge in [-0.2, -0.15) is 0 Å². The van der Waals surface area contributed by atoms with Crippen molar-refractivity contribution in [1.29, 1.82) is 0 Å². The minimum atomic E-state index is -1.55. The van der Waals surface area contributed by atoms with Crippen molar-refractivity contribution in [3.05, 3.63) is 0 Å². The fourth-order valence-electron chi connectivity index (χ4n) is 2.38. The summed E-state index contributed by atoms with van der Waals surface area (Å²) < 4.78 is 0. The molecule has 41 heavy (non-hydrogen) atoms. The standard InChI is InChI=1S/C20H33N9O12/c21-1-12(32)22-2-13(33)25-6-17(37)28-10(8-30)19(39)27-5-16(36)24-3-14(34)23-4-15(35)26-7-18(38)29-11(9-31)20(40)41/h10-11,30-31H,1-9,21H2,(H,22,32)(H,23,34)(H,24,36)(H,25,33)(H,26,35)(H,27,39)(H,28,37)(H,29,38)(H,40,41)/t10-,11-/m0/s1. The van der Waals surface area contributed by atoms with Crippen molar-refractivity contribution in [2.24, 2.45) is 5.73 Å². The Morgan fingerprint density at radius 3 is 1.15 bits per heavy atom. The Labute approximate surface area is 231 Å². The number of rotatable bonds is 19. The predicted octanol–water partition coefficient (Wildman–Crippen LogP) is -9.32. The summed E-state index contributed by atoms with van der Waals surface area (Å²) in [6, 6.07) is -3.03. The van der Waals surface area contributed by atoms with Gasteiger partial charge in [-0.05, 0) is 0 Å². The van der Waals surface area contributed by atoms with Crippen LogP contribution in [0.2, 0.25) is 0 Å². The first-order chi connectivity index (χ1) is 19.3. The molecule has 21 heteroatoms. The second-order valence-corrected chi connectivity index (χ2v) is 7.75. The Balaban J connectivity index is 4.25. The molecule has 0 fully saturated rings. The molecule has 0 bridgehead atoms. The number of carboxylic acid groups (broad SMARTS) is 1. The Hall–Kier alpha value is -4.89. The maximum atomic E-state index is 12.1. The summed E-state index contributed by atoms with van der Waals surface area (Å²) in [5.41, 5.74) is 5.06. The van der Waals surface area contributed by atoms with E-state index < -0.39 is 118 Å². The van der Waals surface area contributed by atoms with Crippen LogP contribution < -0.4 is 48.3 Å². The SMILES string of the molecule is NCC(=O)NCC(=O)NCC(=O)N[C@@H](CO)C(=O)NCC(=O)NCC(=O)NCC(=O)NCC(=O)N[C@@H](CO)C(=O)O. The van der Waals surface area contributed by atoms with Gasteiger partial charge in [-0.1, -0.05) is 0 Å². The highest BCUT2D eigenvalue weighted by Crippen LogP contribution is 1.84. The molecule has 0 aromatic rings. The van der Waals surface area contributed by atoms with Crippen LogP contribution in [0.3, 0.4) is 0 Å². The lowest BCUT2D eigenvalue weighted by Crippen LogP contribution is -2.53. The van der Waals surface area contributed by atoms with Gasteiger partial charge in [0.1, 0.15) is 12.1 Å². The highest BCUT2D eigenvalue weighted by molar-refractivity contribution is 5.94. The number of carboxylic acids is 1. The molecule has 230 valence electrons. The van der Waals surface area contributed by atoms with Crippen molar-refractivity contribution in [3.8, 4) is 0 Å². The average Bonchev–Trinajstić information content (AvgIpc) is 2.95. The zero-order chi connectivity index (χ0) is 31.4. The van der Waals surface area contributed by atoms with E-state index in [0.29, 0.717) is 0 Å². The maximum Gasteiger partial charge on any atom is 0.328 e. The highest BCUT2D eigenvalue weighted by atomic mass is 16.4. The van der Waals surface area contributed by atoms with Gasteiger partial charge in [-0.15, -0.1) is 0 Å². The first kappa shape index (κ1) is 36.1. The van der Waals surface area contributed by atoms with Gasteiger partial charge >= 0.3 is 5.97 Å². The van der Waals surface area contributed by atoms with Gasteiger partial charge < -0.3 is 63.6 Å². The molecular formula is C20H33N9O12. The van der Waals surface area contributed by atoms with Crippen LogP contribution in [0.5, 0.6) is 0 Å². The van der Waals surface area contributed by atoms with Crippen LogP contribution in [0, 0.1) is 0 Å². The molecule has 0 aliphatic heterocycles. The molecule has 8 amide bonds. The average molecular weight is 592 g/mol. The van der Waals surface area contributed by atoms with Crippen LogP contribution >= 0.6 is 0 Å². The minimum absolute atomic E-state index is 0.332. The van der Waals surface area contributed by atoms with E-state index in [1.165, 1.54) is 0 Å². The Morgan fingerprint density at radius 1 is 0.488 bits per heavy atom. The quantitative estimate of drug-likeness (QED) is 0.0664. The largest absolute Gasteiger partial charge is 0.480 e. The highest BCUT2D eigenvalue weighted by Gasteiger charge is 2.21. The third kappa shape index (κ3) is 17.3. The number of aliphatic hydroxyl groups is 2. The molecular weight excluding hydrogens is 558 g/mol. The van der Waals surface area contributed by atoms with E-state index in [9.17, 15) is 48.3 Å². The molecule has 0 spiro atoms. The van der Waals surface area contributed by atoms with Gasteiger partial charge in [0.05, 0.1) is 59.0 Å². The number of hydrogen-bond donors (Lipinski definition) is 12. The van der Waals surface area contributed by atoms with Crippen LogP contribution in [0.25, 0.3) is 0 Å². The van der Waals surface area contributed by atoms with Crippen LogP contribution in [0.1, 0.15) is 0 Å². The topological polar surface area (TPSA) is 337 Å². The number of amides is 8. The summed E-state index contributed by atoms with van der Waals surface area (Å²) in [4.78, 5) is 104. The summed E-state index contributed by atoms with van der Waals surface area (Å²) >= 11 is 0. The molecule has 0 heterocycles. The lowest BCUT2D eigenvalue weighted by Gasteiger charge is -2.16. The second kappa shape index (κ2) is 20.1. The molecule has 0 radical (unpaired) electrons. The van der Waals surface area contributed by atoms with Crippen LogP contribution in [0.15, 0.2) is 0 Å². The van der Waals surface area contributed by atoms with Crippen molar-refractivity contribution >= 4 is 53.2 Å². The van der Waals surface area contributed by atoms with E-state index in [4.69, 9.17) is 15.9 Å². The fraction of sp³-hybridized carbons (Fsp3) is 0.550. The summed E-state index contributed by atoms with van der Waals surface area (Å²) in [6.45, 7) is -5.56. The number of nitrogens with one attached hydrogen (secondary N) is 8. The monoisotopic (exact) mass is 591 g/mol. The molecule has 13 N–H and O–H groups in total. The lowest BCUT2D eigenvalue weighted by molar-refractivity contribution is -0.142. The molecule has 0 rings (SSSR count). The van der Waals surface area contributed by atoms with Crippen molar-refractivity contribution < 1.29 is 58.5 Å². The van der Waals surface area contributed by atoms with Crippen molar-refractivity contribution in [3.63, 3.8) is 0 Å². The molecule has 0 aromatic heterocycles. The predicted molar refractivity (Wildman–Crippen MR) is 133 cm³/mol. The van der Waals surface area contributed by atoms with Gasteiger partial charge in [0, 0.05) is 0 Å². The fourth-order valence-corrected chi connectivity index (χ4v) is 2.38. The summed E-state index contributed by atoms with van der Waals surface area (Å²) in [6.07, 6.45) is 0. The van der Waals surface area contributed by atoms with Crippen LogP contribution in [-0.4, -0.2) is 140 Å². The van der Waals surface area contributed by atoms with Gasteiger partial charge in [0.2, 0.25) is 47.3 Å². The molecule has 21 nitrogen and oxygen atoms in total. The molecule has 0 aliphatic carbocycles. The number of hydrogen-bond acceptors (Lipinski definition) is 12. The molecule has 0 saturated carbocycles. The molecule has 0 aromatic carbocycles. The van der Waals surface area contributed by atoms with E-state index in [-0.39, 0.29) is 6.54 Å². The zero-order valence-corrected chi connectivity index (χ0v) is 21.6. The Morgan fingerprint density at radius 2 is 0.805 bits per heavy atom. The van der Waals surface area contributed by atoms with E-state index in [0.717, 1.165) is 0 Å². The van der Waals surface area contributed by atoms with E-state index in [1.807, 2.05) is 5.32 Å².